The van der Waals surface area contributed by atoms with E-state index in [-0.39, 0.29) is 17.8 Å². The first kappa shape index (κ1) is 27.9. The monoisotopic (exact) mass is 548 g/mol. The molecule has 0 spiro atoms. The highest BCUT2D eigenvalue weighted by atomic mass is 19.4. The van der Waals surface area contributed by atoms with E-state index in [0.29, 0.717) is 11.3 Å². The summed E-state index contributed by atoms with van der Waals surface area (Å²) in [6.45, 7) is 3.49. The van der Waals surface area contributed by atoms with Crippen LogP contribution in [-0.4, -0.2) is 23.3 Å². The number of alkyl halides is 6. The normalized spacial score (nSPS) is 18.2. The van der Waals surface area contributed by atoms with Gasteiger partial charge in [0.25, 0.3) is 0 Å². The van der Waals surface area contributed by atoms with Crippen molar-refractivity contribution < 1.29 is 35.9 Å². The number of halogens is 6. The number of nitrogens with one attached hydrogen (secondary N) is 1. The van der Waals surface area contributed by atoms with E-state index in [1.165, 1.54) is 23.1 Å². The molecule has 2 heterocycles. The van der Waals surface area contributed by atoms with Gasteiger partial charge in [-0.15, -0.1) is 13.2 Å². The molecular weight excluding hydrogens is 526 g/mol. The van der Waals surface area contributed by atoms with E-state index < -0.39 is 47.4 Å². The molecule has 1 N–H and O–H groups in total. The number of pyridine rings is 1. The van der Waals surface area contributed by atoms with Crippen LogP contribution in [0.15, 0.2) is 66.7 Å². The van der Waals surface area contributed by atoms with Crippen molar-refractivity contribution in [3.8, 4) is 11.8 Å². The lowest BCUT2D eigenvalue weighted by molar-refractivity contribution is -0.274. The molecule has 0 saturated carbocycles. The molecular formula is C27H22F6N4O2. The Morgan fingerprint density at radius 3 is 2.28 bits per heavy atom. The van der Waals surface area contributed by atoms with Gasteiger partial charge in [0.05, 0.1) is 28.9 Å². The summed E-state index contributed by atoms with van der Waals surface area (Å²) in [5.41, 5.74) is -0.738. The zero-order valence-electron chi connectivity index (χ0n) is 20.6. The van der Waals surface area contributed by atoms with Crippen LogP contribution >= 0.6 is 0 Å². The minimum atomic E-state index is -4.93. The number of amides is 1. The smallest absolute Gasteiger partial charge is 0.406 e. The van der Waals surface area contributed by atoms with Crippen LogP contribution in [-0.2, 0) is 16.5 Å². The summed E-state index contributed by atoms with van der Waals surface area (Å²) in [6.07, 6.45) is -9.44. The molecule has 4 rings (SSSR count). The third-order valence-corrected chi connectivity index (χ3v) is 6.29. The Hall–Kier alpha value is -4.11. The first-order valence-electron chi connectivity index (χ1n) is 11.7. The summed E-state index contributed by atoms with van der Waals surface area (Å²) in [6, 6.07) is 14.2. The molecule has 2 atom stereocenters. The average molecular weight is 548 g/mol. The van der Waals surface area contributed by atoms with Gasteiger partial charge in [0.1, 0.15) is 17.5 Å². The molecule has 1 aliphatic rings. The van der Waals surface area contributed by atoms with Crippen molar-refractivity contribution in [2.75, 3.05) is 4.90 Å². The van der Waals surface area contributed by atoms with Crippen LogP contribution in [0.1, 0.15) is 48.8 Å². The molecule has 0 radical (unpaired) electrons. The first-order chi connectivity index (χ1) is 18.2. The highest BCUT2D eigenvalue weighted by Crippen LogP contribution is 2.41. The number of carbonyl (C=O) groups is 1. The minimum Gasteiger partial charge on any atom is -0.406 e. The van der Waals surface area contributed by atoms with Gasteiger partial charge in [0.2, 0.25) is 5.91 Å². The van der Waals surface area contributed by atoms with Gasteiger partial charge in [0.15, 0.2) is 0 Å². The van der Waals surface area contributed by atoms with Crippen molar-refractivity contribution in [3.63, 3.8) is 0 Å². The Balaban J connectivity index is 1.71. The van der Waals surface area contributed by atoms with E-state index >= 15 is 0 Å². The van der Waals surface area contributed by atoms with Crippen molar-refractivity contribution >= 4 is 11.6 Å². The molecule has 6 nitrogen and oxygen atoms in total. The molecule has 1 aliphatic heterocycles. The van der Waals surface area contributed by atoms with E-state index in [2.05, 4.69) is 15.0 Å². The van der Waals surface area contributed by atoms with Crippen LogP contribution in [0.2, 0.25) is 0 Å². The maximum atomic E-state index is 13.7. The predicted octanol–water partition coefficient (Wildman–Crippen LogP) is 6.24. The maximum Gasteiger partial charge on any atom is 0.573 e. The molecule has 39 heavy (non-hydrogen) atoms. The zero-order chi connectivity index (χ0) is 28.6. The number of rotatable bonds is 6. The van der Waals surface area contributed by atoms with Gasteiger partial charge in [-0.25, -0.2) is 4.98 Å². The van der Waals surface area contributed by atoms with E-state index in [1.807, 2.05) is 6.07 Å². The van der Waals surface area contributed by atoms with E-state index in [4.69, 9.17) is 0 Å². The summed E-state index contributed by atoms with van der Waals surface area (Å²) >= 11 is 0. The molecule has 3 aromatic rings. The first-order valence-corrected chi connectivity index (χ1v) is 11.7. The van der Waals surface area contributed by atoms with Gasteiger partial charge in [0, 0.05) is 5.69 Å². The lowest BCUT2D eigenvalue weighted by Crippen LogP contribution is -2.48. The van der Waals surface area contributed by atoms with Crippen LogP contribution < -0.4 is 15.0 Å². The Labute approximate surface area is 219 Å². The SMILES string of the molecule is CC(C)(NC1CC(c2cccc(OC(F)(F)F)c2)N(c2ccc(C(F)(F)F)cc2)C1=O)c1cccc(C#N)n1. The lowest BCUT2D eigenvalue weighted by Gasteiger charge is -2.29. The lowest BCUT2D eigenvalue weighted by atomic mass is 9.96. The summed E-state index contributed by atoms with van der Waals surface area (Å²) in [5.74, 6) is -0.986. The summed E-state index contributed by atoms with van der Waals surface area (Å²) < 4.78 is 81.9. The minimum absolute atomic E-state index is 0.0801. The van der Waals surface area contributed by atoms with Gasteiger partial charge < -0.3 is 9.64 Å². The van der Waals surface area contributed by atoms with Crippen LogP contribution in [0.4, 0.5) is 32.0 Å². The number of hydrogen-bond acceptors (Lipinski definition) is 5. The number of ether oxygens (including phenoxy) is 1. The highest BCUT2D eigenvalue weighted by molar-refractivity contribution is 6.00. The molecule has 12 heteroatoms. The fraction of sp³-hybridized carbons (Fsp3) is 0.296. The fourth-order valence-electron chi connectivity index (χ4n) is 4.55. The molecule has 0 bridgehead atoms. The molecule has 1 saturated heterocycles. The van der Waals surface area contributed by atoms with Crippen molar-refractivity contribution in [2.24, 2.45) is 0 Å². The Bertz CT molecular complexity index is 1400. The largest absolute Gasteiger partial charge is 0.573 e. The zero-order valence-corrected chi connectivity index (χ0v) is 20.6. The predicted molar refractivity (Wildman–Crippen MR) is 128 cm³/mol. The van der Waals surface area contributed by atoms with Crippen molar-refractivity contribution in [1.82, 2.24) is 10.3 Å². The fourth-order valence-corrected chi connectivity index (χ4v) is 4.55. The number of nitrogens with zero attached hydrogens (tertiary/aromatic N) is 3. The third-order valence-electron chi connectivity index (χ3n) is 6.29. The molecule has 204 valence electrons. The average Bonchev–Trinajstić information content (AvgIpc) is 3.18. The Kier molecular flexibility index (Phi) is 7.32. The number of benzene rings is 2. The van der Waals surface area contributed by atoms with Crippen LogP contribution in [0.25, 0.3) is 0 Å². The Morgan fingerprint density at radius 1 is 1.00 bits per heavy atom. The van der Waals surface area contributed by atoms with Gasteiger partial charge >= 0.3 is 12.5 Å². The Morgan fingerprint density at radius 2 is 1.67 bits per heavy atom. The van der Waals surface area contributed by atoms with Crippen molar-refractivity contribution in [2.45, 2.75) is 50.4 Å². The number of carbonyl (C=O) groups excluding carboxylic acids is 1. The van der Waals surface area contributed by atoms with Crippen LogP contribution in [0.5, 0.6) is 5.75 Å². The van der Waals surface area contributed by atoms with Crippen molar-refractivity contribution in [3.05, 3.63) is 89.2 Å². The molecule has 2 unspecified atom stereocenters. The standard InChI is InChI=1S/C27H22F6N4O2/c1-25(2,23-8-4-6-18(15-34)35-23)36-21-14-22(16-5-3-7-20(13-16)39-27(31,32)33)37(24(21)38)19-11-9-17(10-12-19)26(28,29)30/h3-13,21-22,36H,14H2,1-2H3. The van der Waals surface area contributed by atoms with Crippen LogP contribution in [0.3, 0.4) is 0 Å². The van der Waals surface area contributed by atoms with E-state index in [0.717, 1.165) is 36.4 Å². The van der Waals surface area contributed by atoms with E-state index in [9.17, 15) is 36.4 Å². The number of aromatic nitrogens is 1. The quantitative estimate of drug-likeness (QED) is 0.369. The van der Waals surface area contributed by atoms with Gasteiger partial charge in [-0.3, -0.25) is 10.1 Å². The maximum absolute atomic E-state index is 13.7. The molecule has 1 aromatic heterocycles. The second kappa shape index (κ2) is 10.2. The molecule has 1 amide bonds. The number of nitriles is 1. The summed E-state index contributed by atoms with van der Waals surface area (Å²) in [4.78, 5) is 19.2. The second-order valence-corrected chi connectivity index (χ2v) is 9.47. The molecule has 1 fully saturated rings. The molecule has 0 aliphatic carbocycles. The van der Waals surface area contributed by atoms with Gasteiger partial charge in [-0.05, 0) is 74.4 Å². The molecule has 2 aromatic carbocycles. The van der Waals surface area contributed by atoms with E-state index in [1.54, 1.807) is 26.0 Å². The van der Waals surface area contributed by atoms with Crippen LogP contribution in [0, 0.1) is 11.3 Å². The third kappa shape index (κ3) is 6.31. The summed E-state index contributed by atoms with van der Waals surface area (Å²) in [5, 5.41) is 12.4. The summed E-state index contributed by atoms with van der Waals surface area (Å²) in [7, 11) is 0. The second-order valence-electron chi connectivity index (χ2n) is 9.47. The van der Waals surface area contributed by atoms with Gasteiger partial charge in [-0.1, -0.05) is 18.2 Å². The highest BCUT2D eigenvalue weighted by Gasteiger charge is 2.44. The van der Waals surface area contributed by atoms with Gasteiger partial charge in [-0.2, -0.15) is 18.4 Å². The topological polar surface area (TPSA) is 78.2 Å². The number of hydrogen-bond donors (Lipinski definition) is 1. The number of anilines is 1. The van der Waals surface area contributed by atoms with Crippen molar-refractivity contribution in [1.29, 1.82) is 5.26 Å².